The number of hydrogen-bond acceptors (Lipinski definition) is 10. The second-order valence-corrected chi connectivity index (χ2v) is 10.4. The quantitative estimate of drug-likeness (QED) is 0.374. The van der Waals surface area contributed by atoms with Gasteiger partial charge < -0.3 is 25.4 Å². The van der Waals surface area contributed by atoms with Crippen LogP contribution in [0.3, 0.4) is 0 Å². The number of hydrogen-bond donors (Lipinski definition) is 2. The standard InChI is InChI=1S/C29H29N7O4S/c1-17-12-20(15-31)13-18(2)25(17)40-26-22-16-36(27(37)24(9-11-41-3)39-28(32)38)10-8-23(22)34-29(35-26)33-21-6-4-19(14-30)5-7-21/h4-7,12-13,24H,8-11,16H2,1-3H3,(H2,32,38)(H,33,34,35). The van der Waals surface area contributed by atoms with Gasteiger partial charge in [-0.25, -0.2) is 9.78 Å². The number of primary amides is 1. The summed E-state index contributed by atoms with van der Waals surface area (Å²) in [6, 6.07) is 14.6. The van der Waals surface area contributed by atoms with Gasteiger partial charge in [0.2, 0.25) is 11.8 Å². The smallest absolute Gasteiger partial charge is 0.405 e. The van der Waals surface area contributed by atoms with Crippen molar-refractivity contribution < 1.29 is 19.1 Å². The summed E-state index contributed by atoms with van der Waals surface area (Å²) in [6.07, 6.45) is 0.662. The van der Waals surface area contributed by atoms with Crippen molar-refractivity contribution in [1.29, 1.82) is 10.5 Å². The lowest BCUT2D eigenvalue weighted by atomic mass is 10.0. The van der Waals surface area contributed by atoms with Crippen LogP contribution in [-0.2, 0) is 22.5 Å². The second-order valence-electron chi connectivity index (χ2n) is 9.46. The van der Waals surface area contributed by atoms with Crippen LogP contribution in [0.2, 0.25) is 0 Å². The van der Waals surface area contributed by atoms with Crippen molar-refractivity contribution in [2.24, 2.45) is 5.73 Å². The van der Waals surface area contributed by atoms with Gasteiger partial charge in [0.25, 0.3) is 5.91 Å². The molecule has 2 aromatic carbocycles. The van der Waals surface area contributed by atoms with Crippen molar-refractivity contribution in [3.63, 3.8) is 0 Å². The number of carbonyl (C=O) groups excluding carboxylic acids is 2. The van der Waals surface area contributed by atoms with Crippen LogP contribution in [-0.4, -0.2) is 51.5 Å². The van der Waals surface area contributed by atoms with Gasteiger partial charge in [-0.3, -0.25) is 4.79 Å². The normalized spacial score (nSPS) is 12.9. The summed E-state index contributed by atoms with van der Waals surface area (Å²) in [4.78, 5) is 35.8. The van der Waals surface area contributed by atoms with Gasteiger partial charge in [-0.2, -0.15) is 27.3 Å². The lowest BCUT2D eigenvalue weighted by Crippen LogP contribution is -2.45. The molecule has 3 aromatic rings. The second kappa shape index (κ2) is 13.0. The number of aryl methyl sites for hydroxylation is 2. The largest absolute Gasteiger partial charge is 0.438 e. The van der Waals surface area contributed by atoms with Crippen LogP contribution in [0.5, 0.6) is 11.6 Å². The van der Waals surface area contributed by atoms with E-state index in [4.69, 9.17) is 25.5 Å². The van der Waals surface area contributed by atoms with E-state index in [1.165, 1.54) is 11.8 Å². The number of anilines is 2. The molecule has 2 heterocycles. The lowest BCUT2D eigenvalue weighted by molar-refractivity contribution is -0.141. The van der Waals surface area contributed by atoms with Gasteiger partial charge in [0.15, 0.2) is 6.10 Å². The molecule has 1 aromatic heterocycles. The number of nitrogens with zero attached hydrogens (tertiary/aromatic N) is 5. The summed E-state index contributed by atoms with van der Waals surface area (Å²) >= 11 is 1.54. The van der Waals surface area contributed by atoms with Gasteiger partial charge in [0.1, 0.15) is 5.75 Å². The first-order valence-electron chi connectivity index (χ1n) is 12.8. The zero-order valence-corrected chi connectivity index (χ0v) is 23.7. The summed E-state index contributed by atoms with van der Waals surface area (Å²) in [6.45, 7) is 4.19. The van der Waals surface area contributed by atoms with Gasteiger partial charge in [-0.1, -0.05) is 0 Å². The number of thioether (sulfide) groups is 1. The maximum absolute atomic E-state index is 13.4. The number of nitrogens with two attached hydrogens (primary N) is 1. The Morgan fingerprint density at radius 3 is 2.41 bits per heavy atom. The van der Waals surface area contributed by atoms with Crippen LogP contribution in [0.25, 0.3) is 0 Å². The number of nitriles is 2. The van der Waals surface area contributed by atoms with Crippen LogP contribution < -0.4 is 15.8 Å². The minimum absolute atomic E-state index is 0.146. The molecular weight excluding hydrogens is 542 g/mol. The molecule has 2 amide bonds. The van der Waals surface area contributed by atoms with E-state index < -0.39 is 12.2 Å². The molecule has 0 spiro atoms. The molecule has 1 aliphatic rings. The van der Waals surface area contributed by atoms with Crippen LogP contribution in [0.1, 0.15) is 39.9 Å². The van der Waals surface area contributed by atoms with Gasteiger partial charge >= 0.3 is 6.09 Å². The monoisotopic (exact) mass is 571 g/mol. The first kappa shape index (κ1) is 29.2. The molecule has 0 aliphatic carbocycles. The number of benzene rings is 2. The molecule has 3 N–H and O–H groups in total. The van der Waals surface area contributed by atoms with Gasteiger partial charge in [-0.05, 0) is 73.4 Å². The number of amides is 2. The van der Waals surface area contributed by atoms with Crippen LogP contribution in [0.4, 0.5) is 16.4 Å². The highest BCUT2D eigenvalue weighted by Gasteiger charge is 2.32. The Labute approximate surface area is 242 Å². The Morgan fingerprint density at radius 2 is 1.80 bits per heavy atom. The van der Waals surface area contributed by atoms with Crippen LogP contribution >= 0.6 is 11.8 Å². The molecule has 11 nitrogen and oxygen atoms in total. The predicted octanol–water partition coefficient (Wildman–Crippen LogP) is 4.47. The molecule has 210 valence electrons. The Hall–Kier alpha value is -4.81. The van der Waals surface area contributed by atoms with Crippen LogP contribution in [0.15, 0.2) is 36.4 Å². The van der Waals surface area contributed by atoms with Gasteiger partial charge in [0.05, 0.1) is 41.1 Å². The fourth-order valence-corrected chi connectivity index (χ4v) is 4.99. The van der Waals surface area contributed by atoms with Crippen molar-refractivity contribution in [2.75, 3.05) is 23.9 Å². The highest BCUT2D eigenvalue weighted by atomic mass is 32.2. The Morgan fingerprint density at radius 1 is 1.12 bits per heavy atom. The number of ether oxygens (including phenoxy) is 2. The molecule has 0 radical (unpaired) electrons. The minimum Gasteiger partial charge on any atom is -0.438 e. The average molecular weight is 572 g/mol. The van der Waals surface area contributed by atoms with E-state index in [0.29, 0.717) is 64.9 Å². The third-order valence-corrected chi connectivity index (χ3v) is 7.15. The molecule has 0 saturated heterocycles. The third-order valence-electron chi connectivity index (χ3n) is 6.51. The first-order valence-corrected chi connectivity index (χ1v) is 14.2. The summed E-state index contributed by atoms with van der Waals surface area (Å²) in [5, 5.41) is 21.6. The zero-order valence-electron chi connectivity index (χ0n) is 22.9. The minimum atomic E-state index is -1.00. The Kier molecular flexibility index (Phi) is 9.27. The van der Waals surface area contributed by atoms with E-state index >= 15 is 0 Å². The summed E-state index contributed by atoms with van der Waals surface area (Å²) in [7, 11) is 0. The van der Waals surface area contributed by atoms with Gasteiger partial charge in [0, 0.05) is 25.1 Å². The number of aromatic nitrogens is 2. The molecule has 41 heavy (non-hydrogen) atoms. The van der Waals surface area contributed by atoms with Crippen molar-refractivity contribution in [3.8, 4) is 23.8 Å². The first-order chi connectivity index (χ1) is 19.7. The predicted molar refractivity (Wildman–Crippen MR) is 154 cm³/mol. The summed E-state index contributed by atoms with van der Waals surface area (Å²) in [5.41, 5.74) is 9.82. The van der Waals surface area contributed by atoms with Crippen molar-refractivity contribution in [1.82, 2.24) is 14.9 Å². The summed E-state index contributed by atoms with van der Waals surface area (Å²) in [5.74, 6) is 1.37. The van der Waals surface area contributed by atoms with E-state index in [9.17, 15) is 14.9 Å². The average Bonchev–Trinajstić information content (AvgIpc) is 2.96. The maximum atomic E-state index is 13.4. The van der Waals surface area contributed by atoms with Crippen LogP contribution in [0, 0.1) is 36.5 Å². The maximum Gasteiger partial charge on any atom is 0.405 e. The lowest BCUT2D eigenvalue weighted by Gasteiger charge is -2.31. The number of rotatable bonds is 9. The summed E-state index contributed by atoms with van der Waals surface area (Å²) < 4.78 is 11.5. The molecule has 0 bridgehead atoms. The molecule has 1 unspecified atom stereocenters. The number of carbonyl (C=O) groups is 2. The molecule has 0 saturated carbocycles. The topological polar surface area (TPSA) is 167 Å². The van der Waals surface area contributed by atoms with Crippen molar-refractivity contribution in [3.05, 3.63) is 69.9 Å². The molecule has 1 atom stereocenters. The van der Waals surface area contributed by atoms with Crippen molar-refractivity contribution >= 4 is 35.4 Å². The fourth-order valence-electron chi connectivity index (χ4n) is 4.54. The van der Waals surface area contributed by atoms with E-state index in [1.807, 2.05) is 20.1 Å². The third kappa shape index (κ3) is 7.04. The molecule has 4 rings (SSSR count). The SMILES string of the molecule is CSCCC(OC(N)=O)C(=O)N1CCc2nc(Nc3ccc(C#N)cc3)nc(Oc3c(C)cc(C#N)cc3C)c2C1. The van der Waals surface area contributed by atoms with E-state index in [-0.39, 0.29) is 18.3 Å². The highest BCUT2D eigenvalue weighted by Crippen LogP contribution is 2.35. The highest BCUT2D eigenvalue weighted by molar-refractivity contribution is 7.98. The van der Waals surface area contributed by atoms with Gasteiger partial charge in [-0.15, -0.1) is 0 Å². The van der Waals surface area contributed by atoms with Crippen molar-refractivity contribution in [2.45, 2.75) is 39.3 Å². The number of nitrogens with one attached hydrogen (secondary N) is 1. The van der Waals surface area contributed by atoms with E-state index in [2.05, 4.69) is 22.4 Å². The van der Waals surface area contributed by atoms with E-state index in [0.717, 1.165) is 11.1 Å². The zero-order chi connectivity index (χ0) is 29.5. The molecule has 0 fully saturated rings. The number of fused-ring (bicyclic) bond motifs is 1. The Balaban J connectivity index is 1.71. The molecular formula is C29H29N7O4S. The Bertz CT molecular complexity index is 1520. The molecule has 1 aliphatic heterocycles. The fraction of sp³-hybridized carbons (Fsp3) is 0.310. The molecule has 12 heteroatoms. The van der Waals surface area contributed by atoms with E-state index in [1.54, 1.807) is 41.3 Å².